The number of sulfonamides is 1. The molecular formula is C16H16ClFN6O2S. The van der Waals surface area contributed by atoms with E-state index in [1.807, 2.05) is 0 Å². The summed E-state index contributed by atoms with van der Waals surface area (Å²) in [5.41, 5.74) is 1.27. The molecule has 4 heterocycles. The number of rotatable bonds is 4. The molecule has 0 bridgehead atoms. The third kappa shape index (κ3) is 3.60. The van der Waals surface area contributed by atoms with Crippen LogP contribution in [0.25, 0.3) is 22.4 Å². The van der Waals surface area contributed by atoms with Crippen LogP contribution in [-0.4, -0.2) is 58.0 Å². The van der Waals surface area contributed by atoms with Crippen molar-refractivity contribution >= 4 is 38.5 Å². The number of nitrogens with one attached hydrogen (secondary N) is 2. The predicted molar refractivity (Wildman–Crippen MR) is 101 cm³/mol. The molecule has 4 rings (SSSR count). The fourth-order valence-electron chi connectivity index (χ4n) is 3.10. The molecule has 0 radical (unpaired) electrons. The Morgan fingerprint density at radius 1 is 1.37 bits per heavy atom. The van der Waals surface area contributed by atoms with Crippen molar-refractivity contribution in [2.24, 2.45) is 0 Å². The highest BCUT2D eigenvalue weighted by Crippen LogP contribution is 2.28. The minimum Gasteiger partial charge on any atom is -0.363 e. The zero-order valence-electron chi connectivity index (χ0n) is 14.3. The Kier molecular flexibility index (Phi) is 4.49. The van der Waals surface area contributed by atoms with Crippen LogP contribution in [0.1, 0.15) is 6.42 Å². The Morgan fingerprint density at radius 2 is 2.19 bits per heavy atom. The summed E-state index contributed by atoms with van der Waals surface area (Å²) in [6.45, 7) is 0.660. The van der Waals surface area contributed by atoms with Crippen LogP contribution in [0.15, 0.2) is 24.7 Å². The highest BCUT2D eigenvalue weighted by atomic mass is 35.5. The molecule has 1 saturated heterocycles. The number of aromatic nitrogens is 4. The highest BCUT2D eigenvalue weighted by Gasteiger charge is 2.29. The number of hydrogen-bond donors (Lipinski definition) is 2. The van der Waals surface area contributed by atoms with Crippen LogP contribution in [0.5, 0.6) is 0 Å². The maximum Gasteiger partial charge on any atom is 0.211 e. The van der Waals surface area contributed by atoms with Gasteiger partial charge in [0.15, 0.2) is 17.5 Å². The first-order valence-electron chi connectivity index (χ1n) is 8.18. The van der Waals surface area contributed by atoms with E-state index in [1.165, 1.54) is 10.5 Å². The van der Waals surface area contributed by atoms with Crippen LogP contribution in [0.3, 0.4) is 0 Å². The Hall–Kier alpha value is -2.30. The first kappa shape index (κ1) is 18.1. The number of nitrogens with zero attached hydrogens (tertiary/aromatic N) is 4. The third-order valence-corrected chi connectivity index (χ3v) is 5.92. The summed E-state index contributed by atoms with van der Waals surface area (Å²) < 4.78 is 38.8. The standard InChI is InChI=1S/C16H16ClFN6O2S/c1-27(25,26)24-3-2-10(8-24)22-16-13(18)7-21-15(23-16)12-6-20-14-11(12)4-9(17)5-19-14/h4-7,10H,2-3,8H2,1H3,(H,19,20)(H,21,22,23)/t10-/m0/s1. The summed E-state index contributed by atoms with van der Waals surface area (Å²) in [6, 6.07) is 1.51. The molecule has 0 spiro atoms. The van der Waals surface area contributed by atoms with Crippen molar-refractivity contribution in [3.63, 3.8) is 0 Å². The average Bonchev–Trinajstić information content (AvgIpc) is 3.23. The summed E-state index contributed by atoms with van der Waals surface area (Å²) >= 11 is 6.01. The molecule has 0 saturated carbocycles. The summed E-state index contributed by atoms with van der Waals surface area (Å²) in [7, 11) is -3.27. The van der Waals surface area contributed by atoms with Crippen LogP contribution < -0.4 is 5.32 Å². The van der Waals surface area contributed by atoms with Crippen LogP contribution in [0, 0.1) is 5.82 Å². The lowest BCUT2D eigenvalue weighted by molar-refractivity contribution is 0.480. The Bertz CT molecular complexity index is 1120. The van der Waals surface area contributed by atoms with Crippen molar-refractivity contribution in [1.82, 2.24) is 24.2 Å². The van der Waals surface area contributed by atoms with E-state index in [4.69, 9.17) is 11.6 Å². The zero-order chi connectivity index (χ0) is 19.2. The van der Waals surface area contributed by atoms with Crippen molar-refractivity contribution in [1.29, 1.82) is 0 Å². The Labute approximate surface area is 159 Å². The molecule has 0 aliphatic carbocycles. The van der Waals surface area contributed by atoms with E-state index in [9.17, 15) is 12.8 Å². The predicted octanol–water partition coefficient (Wildman–Crippen LogP) is 2.26. The molecule has 8 nitrogen and oxygen atoms in total. The third-order valence-electron chi connectivity index (χ3n) is 4.44. The number of fused-ring (bicyclic) bond motifs is 1. The minimum atomic E-state index is -3.27. The molecule has 0 aromatic carbocycles. The monoisotopic (exact) mass is 410 g/mol. The molecule has 3 aromatic heterocycles. The first-order chi connectivity index (χ1) is 12.8. The van der Waals surface area contributed by atoms with Gasteiger partial charge in [-0.05, 0) is 12.5 Å². The smallest absolute Gasteiger partial charge is 0.211 e. The summed E-state index contributed by atoms with van der Waals surface area (Å²) in [5.74, 6) is -0.260. The van der Waals surface area contributed by atoms with Crippen molar-refractivity contribution in [2.45, 2.75) is 12.5 Å². The van der Waals surface area contributed by atoms with Gasteiger partial charge in [0.25, 0.3) is 0 Å². The molecule has 0 unspecified atom stereocenters. The van der Waals surface area contributed by atoms with Gasteiger partial charge in [-0.2, -0.15) is 0 Å². The van der Waals surface area contributed by atoms with E-state index in [0.29, 0.717) is 35.0 Å². The second-order valence-electron chi connectivity index (χ2n) is 6.39. The first-order valence-corrected chi connectivity index (χ1v) is 10.4. The molecule has 2 N–H and O–H groups in total. The lowest BCUT2D eigenvalue weighted by Gasteiger charge is -2.15. The number of H-pyrrole nitrogens is 1. The normalized spacial score (nSPS) is 18.3. The van der Waals surface area contributed by atoms with Crippen molar-refractivity contribution in [3.8, 4) is 11.4 Å². The summed E-state index contributed by atoms with van der Waals surface area (Å²) in [5, 5.41) is 4.18. The second kappa shape index (κ2) is 6.70. The molecule has 142 valence electrons. The van der Waals surface area contributed by atoms with Gasteiger partial charge in [-0.25, -0.2) is 32.1 Å². The molecule has 27 heavy (non-hydrogen) atoms. The van der Waals surface area contributed by atoms with Crippen LogP contribution in [0.2, 0.25) is 5.02 Å². The van der Waals surface area contributed by atoms with Crippen molar-refractivity contribution in [2.75, 3.05) is 24.7 Å². The molecule has 1 atom stereocenters. The van der Waals surface area contributed by atoms with E-state index in [0.717, 1.165) is 17.8 Å². The topological polar surface area (TPSA) is 104 Å². The van der Waals surface area contributed by atoms with Gasteiger partial charge in [0.1, 0.15) is 5.65 Å². The molecule has 1 aliphatic rings. The fourth-order valence-corrected chi connectivity index (χ4v) is 4.15. The minimum absolute atomic E-state index is 0.0321. The van der Waals surface area contributed by atoms with Crippen molar-refractivity contribution in [3.05, 3.63) is 35.5 Å². The molecule has 1 aliphatic heterocycles. The largest absolute Gasteiger partial charge is 0.363 e. The van der Waals surface area contributed by atoms with Crippen LogP contribution >= 0.6 is 11.6 Å². The van der Waals surface area contributed by atoms with Gasteiger partial charge < -0.3 is 10.3 Å². The van der Waals surface area contributed by atoms with Gasteiger partial charge in [0.05, 0.1) is 17.5 Å². The van der Waals surface area contributed by atoms with Crippen LogP contribution in [-0.2, 0) is 10.0 Å². The van der Waals surface area contributed by atoms with Gasteiger partial charge in [0, 0.05) is 42.5 Å². The molecule has 11 heteroatoms. The van der Waals surface area contributed by atoms with E-state index >= 15 is 0 Å². The highest BCUT2D eigenvalue weighted by molar-refractivity contribution is 7.88. The SMILES string of the molecule is CS(=O)(=O)N1CC[C@H](Nc2nc(-c3c[nH]c4ncc(Cl)cc34)ncc2F)C1. The number of aromatic amines is 1. The van der Waals surface area contributed by atoms with Gasteiger partial charge in [-0.3, -0.25) is 0 Å². The number of halogens is 2. The average molecular weight is 411 g/mol. The maximum atomic E-state index is 14.2. The lowest BCUT2D eigenvalue weighted by Crippen LogP contribution is -2.31. The van der Waals surface area contributed by atoms with E-state index < -0.39 is 15.8 Å². The molecule has 3 aromatic rings. The maximum absolute atomic E-state index is 14.2. The molecule has 1 fully saturated rings. The van der Waals surface area contributed by atoms with E-state index in [2.05, 4.69) is 25.3 Å². The van der Waals surface area contributed by atoms with Gasteiger partial charge in [-0.1, -0.05) is 11.6 Å². The Morgan fingerprint density at radius 3 is 2.93 bits per heavy atom. The van der Waals surface area contributed by atoms with Gasteiger partial charge in [0.2, 0.25) is 10.0 Å². The van der Waals surface area contributed by atoms with Gasteiger partial charge >= 0.3 is 0 Å². The van der Waals surface area contributed by atoms with E-state index in [-0.39, 0.29) is 18.4 Å². The van der Waals surface area contributed by atoms with Gasteiger partial charge in [-0.15, -0.1) is 0 Å². The quantitative estimate of drug-likeness (QED) is 0.683. The number of pyridine rings is 1. The van der Waals surface area contributed by atoms with E-state index in [1.54, 1.807) is 12.3 Å². The second-order valence-corrected chi connectivity index (χ2v) is 8.81. The molecular weight excluding hydrogens is 395 g/mol. The van der Waals surface area contributed by atoms with Crippen molar-refractivity contribution < 1.29 is 12.8 Å². The number of anilines is 1. The summed E-state index contributed by atoms with van der Waals surface area (Å²) in [4.78, 5) is 15.5. The summed E-state index contributed by atoms with van der Waals surface area (Å²) in [6.07, 6.45) is 6.03. The lowest BCUT2D eigenvalue weighted by atomic mass is 10.2. The number of hydrogen-bond acceptors (Lipinski definition) is 6. The fraction of sp³-hybridized carbons (Fsp3) is 0.312. The van der Waals surface area contributed by atoms with Crippen LogP contribution in [0.4, 0.5) is 10.2 Å². The zero-order valence-corrected chi connectivity index (χ0v) is 15.9. The molecule has 0 amide bonds. The Balaban J connectivity index is 1.63.